The minimum Gasteiger partial charge on any atom is -0.312 e. The van der Waals surface area contributed by atoms with Gasteiger partial charge in [0.05, 0.1) is 5.01 Å². The Morgan fingerprint density at radius 1 is 1.42 bits per heavy atom. The van der Waals surface area contributed by atoms with Crippen molar-refractivity contribution in [3.8, 4) is 0 Å². The minimum atomic E-state index is 0.416. The first kappa shape index (κ1) is 14.9. The van der Waals surface area contributed by atoms with Crippen LogP contribution in [0.4, 0.5) is 0 Å². The molecular formula is C15H27N3S. The molecule has 0 spiro atoms. The molecule has 0 aliphatic carbocycles. The van der Waals surface area contributed by atoms with E-state index in [0.29, 0.717) is 18.1 Å². The van der Waals surface area contributed by atoms with Gasteiger partial charge in [0, 0.05) is 35.6 Å². The van der Waals surface area contributed by atoms with Crippen LogP contribution in [0.1, 0.15) is 56.0 Å². The van der Waals surface area contributed by atoms with Crippen LogP contribution >= 0.6 is 11.3 Å². The van der Waals surface area contributed by atoms with Gasteiger partial charge in [-0.25, -0.2) is 4.98 Å². The Hall–Kier alpha value is -0.450. The second-order valence-electron chi connectivity index (χ2n) is 5.85. The van der Waals surface area contributed by atoms with Gasteiger partial charge in [-0.15, -0.1) is 11.3 Å². The summed E-state index contributed by atoms with van der Waals surface area (Å²) in [6.45, 7) is 8.08. The number of thiazole rings is 1. The van der Waals surface area contributed by atoms with Gasteiger partial charge in [0.1, 0.15) is 0 Å². The Labute approximate surface area is 121 Å². The van der Waals surface area contributed by atoms with Gasteiger partial charge < -0.3 is 5.32 Å². The molecule has 0 saturated carbocycles. The second kappa shape index (κ2) is 6.82. The molecule has 1 saturated heterocycles. The van der Waals surface area contributed by atoms with E-state index in [-0.39, 0.29) is 0 Å². The van der Waals surface area contributed by atoms with Crippen LogP contribution in [0, 0.1) is 0 Å². The number of hydrogen-bond donors (Lipinski definition) is 1. The van der Waals surface area contributed by atoms with E-state index >= 15 is 0 Å². The molecule has 3 nitrogen and oxygen atoms in total. The van der Waals surface area contributed by atoms with Gasteiger partial charge in [-0.3, -0.25) is 4.90 Å². The zero-order chi connectivity index (χ0) is 13.8. The van der Waals surface area contributed by atoms with Gasteiger partial charge >= 0.3 is 0 Å². The van der Waals surface area contributed by atoms with Crippen molar-refractivity contribution in [2.75, 3.05) is 13.6 Å². The molecule has 2 heterocycles. The van der Waals surface area contributed by atoms with Gasteiger partial charge in [0.2, 0.25) is 0 Å². The zero-order valence-electron chi connectivity index (χ0n) is 12.6. The first-order valence-corrected chi connectivity index (χ1v) is 8.31. The third kappa shape index (κ3) is 3.77. The molecule has 2 unspecified atom stereocenters. The molecule has 1 aliphatic rings. The Morgan fingerprint density at radius 3 is 2.89 bits per heavy atom. The van der Waals surface area contributed by atoms with E-state index in [0.717, 1.165) is 6.42 Å². The average molecular weight is 281 g/mol. The first-order valence-electron chi connectivity index (χ1n) is 7.49. The highest BCUT2D eigenvalue weighted by atomic mass is 32.1. The molecule has 2 rings (SSSR count). The molecule has 0 radical (unpaired) electrons. The molecule has 1 aromatic heterocycles. The molecule has 4 heteroatoms. The summed E-state index contributed by atoms with van der Waals surface area (Å²) in [6, 6.07) is 1.76. The first-order chi connectivity index (χ1) is 9.11. The molecule has 1 N–H and O–H groups in total. The third-order valence-corrected chi connectivity index (χ3v) is 5.38. The van der Waals surface area contributed by atoms with Crippen LogP contribution in [-0.4, -0.2) is 35.6 Å². The number of nitrogens with zero attached hydrogens (tertiary/aromatic N) is 2. The van der Waals surface area contributed by atoms with E-state index in [9.17, 15) is 0 Å². The predicted molar refractivity (Wildman–Crippen MR) is 82.8 cm³/mol. The Morgan fingerprint density at radius 2 is 2.21 bits per heavy atom. The molecule has 19 heavy (non-hydrogen) atoms. The molecular weight excluding hydrogens is 254 g/mol. The number of hydrogen-bond acceptors (Lipinski definition) is 4. The van der Waals surface area contributed by atoms with Crippen molar-refractivity contribution in [1.82, 2.24) is 15.2 Å². The molecule has 0 amide bonds. The molecule has 0 bridgehead atoms. The van der Waals surface area contributed by atoms with Gasteiger partial charge in [0.25, 0.3) is 0 Å². The average Bonchev–Trinajstić information content (AvgIpc) is 2.86. The van der Waals surface area contributed by atoms with E-state index < -0.39 is 0 Å². The fourth-order valence-corrected chi connectivity index (χ4v) is 3.94. The summed E-state index contributed by atoms with van der Waals surface area (Å²) in [5, 5.41) is 4.59. The molecule has 2 atom stereocenters. The SMILES string of the molecule is CNC(C)c1cnc(CC2CCCCN2C(C)C)s1. The lowest BCUT2D eigenvalue weighted by atomic mass is 9.98. The highest BCUT2D eigenvalue weighted by molar-refractivity contribution is 7.11. The van der Waals surface area contributed by atoms with E-state index in [1.165, 1.54) is 35.7 Å². The lowest BCUT2D eigenvalue weighted by Gasteiger charge is -2.38. The summed E-state index contributed by atoms with van der Waals surface area (Å²) >= 11 is 1.87. The van der Waals surface area contributed by atoms with Crippen LogP contribution in [0.2, 0.25) is 0 Å². The molecule has 1 aliphatic heterocycles. The van der Waals surface area contributed by atoms with E-state index in [1.54, 1.807) is 0 Å². The van der Waals surface area contributed by atoms with Crippen molar-refractivity contribution in [3.05, 3.63) is 16.1 Å². The Bertz CT molecular complexity index is 388. The lowest BCUT2D eigenvalue weighted by Crippen LogP contribution is -2.44. The van der Waals surface area contributed by atoms with E-state index in [4.69, 9.17) is 0 Å². The number of rotatable bonds is 5. The van der Waals surface area contributed by atoms with Crippen molar-refractivity contribution in [2.45, 2.75) is 64.6 Å². The number of nitrogens with one attached hydrogen (secondary N) is 1. The van der Waals surface area contributed by atoms with Gasteiger partial charge in [-0.1, -0.05) is 6.42 Å². The topological polar surface area (TPSA) is 28.2 Å². The number of aromatic nitrogens is 1. The quantitative estimate of drug-likeness (QED) is 0.898. The third-order valence-electron chi connectivity index (χ3n) is 4.18. The normalized spacial score (nSPS) is 22.9. The van der Waals surface area contributed by atoms with Crippen LogP contribution in [0.15, 0.2) is 6.20 Å². The van der Waals surface area contributed by atoms with Crippen LogP contribution in [0.3, 0.4) is 0 Å². The highest BCUT2D eigenvalue weighted by Crippen LogP contribution is 2.26. The molecule has 108 valence electrons. The lowest BCUT2D eigenvalue weighted by molar-refractivity contribution is 0.111. The summed E-state index contributed by atoms with van der Waals surface area (Å²) in [7, 11) is 2.01. The maximum absolute atomic E-state index is 4.62. The van der Waals surface area contributed by atoms with Crippen LogP contribution in [0.5, 0.6) is 0 Å². The maximum Gasteiger partial charge on any atom is 0.0943 e. The van der Waals surface area contributed by atoms with Crippen molar-refractivity contribution in [1.29, 1.82) is 0 Å². The monoisotopic (exact) mass is 281 g/mol. The molecule has 0 aromatic carbocycles. The van der Waals surface area contributed by atoms with Crippen molar-refractivity contribution >= 4 is 11.3 Å². The maximum atomic E-state index is 4.62. The van der Waals surface area contributed by atoms with Gasteiger partial charge in [-0.05, 0) is 47.2 Å². The zero-order valence-corrected chi connectivity index (χ0v) is 13.5. The summed E-state index contributed by atoms with van der Waals surface area (Å²) < 4.78 is 0. The minimum absolute atomic E-state index is 0.416. The van der Waals surface area contributed by atoms with E-state index in [2.05, 4.69) is 36.0 Å². The molecule has 1 aromatic rings. The van der Waals surface area contributed by atoms with Gasteiger partial charge in [-0.2, -0.15) is 0 Å². The Balaban J connectivity index is 2.00. The fourth-order valence-electron chi connectivity index (χ4n) is 2.88. The largest absolute Gasteiger partial charge is 0.312 e. The predicted octanol–water partition coefficient (Wildman–Crippen LogP) is 3.23. The van der Waals surface area contributed by atoms with Gasteiger partial charge in [0.15, 0.2) is 0 Å². The Kier molecular flexibility index (Phi) is 5.37. The van der Waals surface area contributed by atoms with Crippen LogP contribution in [-0.2, 0) is 6.42 Å². The number of piperidine rings is 1. The van der Waals surface area contributed by atoms with E-state index in [1.807, 2.05) is 24.6 Å². The smallest absolute Gasteiger partial charge is 0.0943 e. The second-order valence-corrected chi connectivity index (χ2v) is 7.00. The summed E-state index contributed by atoms with van der Waals surface area (Å²) in [6.07, 6.45) is 7.23. The van der Waals surface area contributed by atoms with Crippen molar-refractivity contribution in [2.24, 2.45) is 0 Å². The fraction of sp³-hybridized carbons (Fsp3) is 0.800. The van der Waals surface area contributed by atoms with Crippen LogP contribution < -0.4 is 5.32 Å². The summed E-state index contributed by atoms with van der Waals surface area (Å²) in [5.41, 5.74) is 0. The summed E-state index contributed by atoms with van der Waals surface area (Å²) in [4.78, 5) is 8.64. The van der Waals surface area contributed by atoms with Crippen LogP contribution in [0.25, 0.3) is 0 Å². The standard InChI is InChI=1S/C15H27N3S/c1-11(2)18-8-6-5-7-13(18)9-15-17-10-14(19-15)12(3)16-4/h10-13,16H,5-9H2,1-4H3. The van der Waals surface area contributed by atoms with Crippen molar-refractivity contribution in [3.63, 3.8) is 0 Å². The summed E-state index contributed by atoms with van der Waals surface area (Å²) in [5.74, 6) is 0. The number of likely N-dealkylation sites (tertiary alicyclic amines) is 1. The van der Waals surface area contributed by atoms with Crippen molar-refractivity contribution < 1.29 is 0 Å². The highest BCUT2D eigenvalue weighted by Gasteiger charge is 2.25. The molecule has 1 fully saturated rings.